The van der Waals surface area contributed by atoms with Crippen molar-refractivity contribution >= 4 is 5.78 Å². The van der Waals surface area contributed by atoms with Gasteiger partial charge in [-0.05, 0) is 81.9 Å². The van der Waals surface area contributed by atoms with E-state index in [9.17, 15) is 9.18 Å². The molecule has 1 aliphatic rings. The molecule has 0 heterocycles. The molecule has 1 fully saturated rings. The lowest BCUT2D eigenvalue weighted by Crippen LogP contribution is -2.29. The van der Waals surface area contributed by atoms with Crippen molar-refractivity contribution in [2.24, 2.45) is 11.3 Å². The maximum atomic E-state index is 14.0. The summed E-state index contributed by atoms with van der Waals surface area (Å²) in [6.45, 7) is 25.5. The maximum Gasteiger partial charge on any atom is 0.143 e. The van der Waals surface area contributed by atoms with Crippen LogP contribution < -0.4 is 5.32 Å². The van der Waals surface area contributed by atoms with E-state index in [-0.39, 0.29) is 17.0 Å². The minimum absolute atomic E-state index is 0.172. The number of nitrogens with one attached hydrogen (secondary N) is 1. The highest BCUT2D eigenvalue weighted by atomic mass is 19.1. The monoisotopic (exact) mass is 511 g/mol. The van der Waals surface area contributed by atoms with E-state index in [0.29, 0.717) is 35.2 Å². The summed E-state index contributed by atoms with van der Waals surface area (Å²) in [5.41, 5.74) is 4.72. The molecule has 2 rings (SSSR count). The molecule has 2 nitrogen and oxygen atoms in total. The third-order valence-electron chi connectivity index (χ3n) is 5.55. The Balaban J connectivity index is 0. The van der Waals surface area contributed by atoms with E-state index in [4.69, 9.17) is 6.42 Å². The molecule has 0 bridgehead atoms. The number of ketones is 1. The van der Waals surface area contributed by atoms with Gasteiger partial charge in [-0.3, -0.25) is 0 Å². The number of terminal acetylenes is 1. The lowest BCUT2D eigenvalue weighted by Gasteiger charge is -2.18. The van der Waals surface area contributed by atoms with Crippen LogP contribution in [-0.2, 0) is 11.2 Å². The molecule has 208 valence electrons. The number of allylic oxidation sites excluding steroid dienone is 5. The van der Waals surface area contributed by atoms with Gasteiger partial charge in [0.25, 0.3) is 0 Å². The average Bonchev–Trinajstić information content (AvgIpc) is 3.66. The molecule has 0 amide bonds. The van der Waals surface area contributed by atoms with Crippen molar-refractivity contribution in [1.29, 1.82) is 0 Å². The van der Waals surface area contributed by atoms with E-state index >= 15 is 0 Å². The first-order chi connectivity index (χ1) is 17.2. The Morgan fingerprint density at radius 3 is 2.08 bits per heavy atom. The summed E-state index contributed by atoms with van der Waals surface area (Å²) < 4.78 is 14.0. The molecule has 0 saturated heterocycles. The van der Waals surface area contributed by atoms with Crippen LogP contribution in [0.5, 0.6) is 0 Å². The molecule has 1 atom stereocenters. The maximum absolute atomic E-state index is 14.0. The van der Waals surface area contributed by atoms with Crippen LogP contribution in [0.1, 0.15) is 106 Å². The molecular formula is C34H54FNO. The molecule has 1 saturated carbocycles. The first-order valence-electron chi connectivity index (χ1n) is 13.8. The summed E-state index contributed by atoms with van der Waals surface area (Å²) in [5, 5.41) is 3.26. The highest BCUT2D eigenvalue weighted by Crippen LogP contribution is 2.34. The fourth-order valence-electron chi connectivity index (χ4n) is 3.60. The first-order valence-corrected chi connectivity index (χ1v) is 13.8. The van der Waals surface area contributed by atoms with Crippen LogP contribution in [0.4, 0.5) is 4.39 Å². The molecule has 1 aliphatic carbocycles. The number of halogens is 1. The van der Waals surface area contributed by atoms with Gasteiger partial charge in [0.2, 0.25) is 0 Å². The average molecular weight is 512 g/mol. The van der Waals surface area contributed by atoms with Gasteiger partial charge >= 0.3 is 0 Å². The third kappa shape index (κ3) is 19.2. The van der Waals surface area contributed by atoms with Gasteiger partial charge in [0.1, 0.15) is 11.6 Å². The standard InChI is InChI=1S/C16H22FN.C9H12.C7H14O.C2H6/c1-6-13(11(3)4)10-15(17)12(5)18-16(7-2)14-8-9-14;1-3-9-6-4-5-8(2)7-9;1-6(8)5-7(2,3)4;1-2/h1,10,14,16,18H,3,7-9H2,2,4-5H3;4-7H,3H2,1-2H3;5H2,1-4H3;1-2H3/b13-10-,15-12-;;;. The molecule has 0 spiro atoms. The molecule has 0 aromatic heterocycles. The number of hydrogen-bond acceptors (Lipinski definition) is 2. The number of carbonyl (C=O) groups excluding carboxylic acids is 1. The van der Waals surface area contributed by atoms with Crippen LogP contribution in [-0.4, -0.2) is 11.8 Å². The summed E-state index contributed by atoms with van der Waals surface area (Å²) >= 11 is 0. The lowest BCUT2D eigenvalue weighted by atomic mass is 9.91. The summed E-state index contributed by atoms with van der Waals surface area (Å²) in [4.78, 5) is 10.5. The highest BCUT2D eigenvalue weighted by molar-refractivity contribution is 5.76. The van der Waals surface area contributed by atoms with Crippen molar-refractivity contribution in [2.75, 3.05) is 0 Å². The Morgan fingerprint density at radius 1 is 1.22 bits per heavy atom. The number of carbonyl (C=O) groups is 1. The second-order valence-corrected chi connectivity index (χ2v) is 10.7. The van der Waals surface area contributed by atoms with Crippen molar-refractivity contribution in [3.05, 3.63) is 70.7 Å². The zero-order valence-electron chi connectivity index (χ0n) is 25.6. The summed E-state index contributed by atoms with van der Waals surface area (Å²) in [5.74, 6) is 3.13. The molecule has 0 aliphatic heterocycles. The molecule has 0 radical (unpaired) electrons. The van der Waals surface area contributed by atoms with Crippen LogP contribution in [0.3, 0.4) is 0 Å². The predicted molar refractivity (Wildman–Crippen MR) is 162 cm³/mol. The summed E-state index contributed by atoms with van der Waals surface area (Å²) in [6, 6.07) is 8.99. The van der Waals surface area contributed by atoms with E-state index in [1.807, 2.05) is 13.8 Å². The van der Waals surface area contributed by atoms with Crippen LogP contribution in [0.15, 0.2) is 59.6 Å². The zero-order chi connectivity index (χ0) is 29.2. The molecule has 1 unspecified atom stereocenters. The van der Waals surface area contributed by atoms with Crippen LogP contribution in [0.25, 0.3) is 0 Å². The largest absolute Gasteiger partial charge is 0.383 e. The van der Waals surface area contributed by atoms with Gasteiger partial charge < -0.3 is 10.1 Å². The zero-order valence-corrected chi connectivity index (χ0v) is 25.6. The van der Waals surface area contributed by atoms with Gasteiger partial charge in [0.05, 0.1) is 0 Å². The second kappa shape index (κ2) is 19.5. The Bertz CT molecular complexity index is 920. The van der Waals surface area contributed by atoms with Crippen molar-refractivity contribution in [1.82, 2.24) is 5.32 Å². The molecular weight excluding hydrogens is 457 g/mol. The van der Waals surface area contributed by atoms with Crippen LogP contribution in [0.2, 0.25) is 0 Å². The van der Waals surface area contributed by atoms with Gasteiger partial charge in [0.15, 0.2) is 0 Å². The van der Waals surface area contributed by atoms with E-state index in [1.165, 1.54) is 30.0 Å². The number of aryl methyl sites for hydroxylation is 2. The second-order valence-electron chi connectivity index (χ2n) is 10.7. The smallest absolute Gasteiger partial charge is 0.143 e. The Kier molecular flexibility index (Phi) is 19.3. The number of benzene rings is 1. The highest BCUT2D eigenvalue weighted by Gasteiger charge is 2.30. The number of rotatable bonds is 8. The van der Waals surface area contributed by atoms with Gasteiger partial charge in [0, 0.05) is 23.7 Å². The van der Waals surface area contributed by atoms with Gasteiger partial charge in [-0.25, -0.2) is 4.39 Å². The van der Waals surface area contributed by atoms with E-state index in [0.717, 1.165) is 12.8 Å². The topological polar surface area (TPSA) is 29.1 Å². The Hall–Kier alpha value is -2.60. The van der Waals surface area contributed by atoms with Gasteiger partial charge in [-0.1, -0.05) is 90.8 Å². The third-order valence-corrected chi connectivity index (χ3v) is 5.55. The van der Waals surface area contributed by atoms with E-state index in [2.05, 4.69) is 83.6 Å². The van der Waals surface area contributed by atoms with Crippen LogP contribution in [0, 0.1) is 30.6 Å². The first kappa shape index (κ1) is 36.6. The number of Topliss-reactive ketones (excluding diaryl/α,β-unsaturated/α-hetero) is 1. The molecule has 3 heteroatoms. The fraction of sp³-hybridized carbons (Fsp3) is 0.559. The van der Waals surface area contributed by atoms with Crippen molar-refractivity contribution < 1.29 is 9.18 Å². The summed E-state index contributed by atoms with van der Waals surface area (Å²) in [7, 11) is 0. The normalized spacial score (nSPS) is 14.1. The predicted octanol–water partition coefficient (Wildman–Crippen LogP) is 9.70. The molecule has 1 N–H and O–H groups in total. The molecule has 1 aromatic rings. The Morgan fingerprint density at radius 2 is 1.78 bits per heavy atom. The van der Waals surface area contributed by atoms with Gasteiger partial charge in [-0.2, -0.15) is 0 Å². The molecule has 37 heavy (non-hydrogen) atoms. The minimum atomic E-state index is -0.301. The fourth-order valence-corrected chi connectivity index (χ4v) is 3.60. The van der Waals surface area contributed by atoms with E-state index in [1.54, 1.807) is 20.8 Å². The SMILES string of the molecule is C#C/C(=C/C(F)=C(\C)NC(CC)C1CC1)C(=C)C.CC.CC(=O)CC(C)(C)C.CCc1cccc(C)c1. The van der Waals surface area contributed by atoms with Crippen molar-refractivity contribution in [2.45, 2.75) is 114 Å². The number of hydrogen-bond donors (Lipinski definition) is 1. The lowest BCUT2D eigenvalue weighted by molar-refractivity contribution is -0.118. The van der Waals surface area contributed by atoms with Crippen LogP contribution >= 0.6 is 0 Å². The molecule has 1 aromatic carbocycles. The van der Waals surface area contributed by atoms with E-state index < -0.39 is 0 Å². The minimum Gasteiger partial charge on any atom is -0.383 e. The quantitative estimate of drug-likeness (QED) is 0.278. The van der Waals surface area contributed by atoms with Gasteiger partial charge in [-0.15, -0.1) is 6.42 Å². The van der Waals surface area contributed by atoms with Crippen molar-refractivity contribution in [3.8, 4) is 12.3 Å². The van der Waals surface area contributed by atoms with Crippen molar-refractivity contribution in [3.63, 3.8) is 0 Å². The summed E-state index contributed by atoms with van der Waals surface area (Å²) in [6.07, 6.45) is 12.0. The Labute approximate surface area is 228 Å².